The lowest BCUT2D eigenvalue weighted by Crippen LogP contribution is -2.19. The highest BCUT2D eigenvalue weighted by Crippen LogP contribution is 2.22. The first kappa shape index (κ1) is 21.5. The topological polar surface area (TPSA) is 70.1 Å². The molecule has 0 saturated carbocycles. The first-order chi connectivity index (χ1) is 9.60. The van der Waals surface area contributed by atoms with Crippen molar-refractivity contribution in [3.63, 3.8) is 0 Å². The van der Waals surface area contributed by atoms with Crippen molar-refractivity contribution in [1.82, 2.24) is 0 Å². The van der Waals surface area contributed by atoms with Gasteiger partial charge in [-0.05, 0) is 11.5 Å². The predicted octanol–water partition coefficient (Wildman–Crippen LogP) is 2.40. The van der Waals surface area contributed by atoms with E-state index in [9.17, 15) is 5.11 Å². The highest BCUT2D eigenvalue weighted by atomic mass is 32.2. The van der Waals surface area contributed by atoms with Gasteiger partial charge in [-0.1, -0.05) is 11.8 Å². The molecule has 0 saturated heterocycles. The van der Waals surface area contributed by atoms with E-state index in [0.717, 1.165) is 46.0 Å². The normalized spacial score (nSPS) is 14.2. The second-order valence-corrected chi connectivity index (χ2v) is 9.47. The molecule has 0 amide bonds. The fraction of sp³-hybridized carbons (Fsp3) is 0.909. The Balaban J connectivity index is 3.78. The van der Waals surface area contributed by atoms with Gasteiger partial charge >= 0.3 is 0 Å². The van der Waals surface area contributed by atoms with E-state index in [2.05, 4.69) is 25.3 Å². The number of hydrogen-bond donors (Lipinski definition) is 5. The van der Waals surface area contributed by atoms with E-state index in [1.807, 2.05) is 11.8 Å². The van der Waals surface area contributed by atoms with Crippen LogP contribution in [-0.4, -0.2) is 67.7 Å². The SMILES string of the molecule is N=C(N)SCC(CSCC(O)CSCCS)SCCS. The van der Waals surface area contributed by atoms with Crippen molar-refractivity contribution in [3.8, 4) is 0 Å². The minimum Gasteiger partial charge on any atom is -0.391 e. The number of thiol groups is 2. The van der Waals surface area contributed by atoms with Crippen LogP contribution in [0.5, 0.6) is 0 Å². The van der Waals surface area contributed by atoms with Crippen LogP contribution in [-0.2, 0) is 0 Å². The van der Waals surface area contributed by atoms with Gasteiger partial charge in [0.15, 0.2) is 5.17 Å². The highest BCUT2D eigenvalue weighted by Gasteiger charge is 2.12. The molecule has 0 heterocycles. The van der Waals surface area contributed by atoms with Crippen LogP contribution in [0.1, 0.15) is 0 Å². The van der Waals surface area contributed by atoms with Crippen LogP contribution >= 0.6 is 72.3 Å². The molecule has 0 aliphatic rings. The van der Waals surface area contributed by atoms with Crippen molar-refractivity contribution in [2.45, 2.75) is 11.4 Å². The second kappa shape index (κ2) is 15.4. The van der Waals surface area contributed by atoms with E-state index >= 15 is 0 Å². The zero-order valence-corrected chi connectivity index (χ0v) is 16.4. The monoisotopic (exact) mass is 392 g/mol. The largest absolute Gasteiger partial charge is 0.391 e. The lowest BCUT2D eigenvalue weighted by atomic mass is 10.5. The van der Waals surface area contributed by atoms with E-state index < -0.39 is 0 Å². The van der Waals surface area contributed by atoms with E-state index in [4.69, 9.17) is 11.1 Å². The molecule has 0 spiro atoms. The van der Waals surface area contributed by atoms with E-state index in [1.54, 1.807) is 23.5 Å². The lowest BCUT2D eigenvalue weighted by Gasteiger charge is -2.16. The maximum absolute atomic E-state index is 9.84. The molecule has 120 valence electrons. The minimum absolute atomic E-state index is 0.176. The molecule has 0 rings (SSSR count). The molecule has 0 aromatic rings. The minimum atomic E-state index is -0.249. The summed E-state index contributed by atoms with van der Waals surface area (Å²) in [6, 6.07) is 0. The molecular formula is C11H24N2OS6. The van der Waals surface area contributed by atoms with Crippen molar-refractivity contribution in [3.05, 3.63) is 0 Å². The van der Waals surface area contributed by atoms with Gasteiger partial charge in [-0.15, -0.1) is 0 Å². The summed E-state index contributed by atoms with van der Waals surface area (Å²) in [4.78, 5) is 0. The number of aliphatic hydroxyl groups excluding tert-OH is 1. The summed E-state index contributed by atoms with van der Waals surface area (Å²) in [6.07, 6.45) is -0.249. The van der Waals surface area contributed by atoms with Gasteiger partial charge in [-0.25, -0.2) is 0 Å². The molecule has 0 aromatic heterocycles. The summed E-state index contributed by atoms with van der Waals surface area (Å²) in [5.41, 5.74) is 5.38. The lowest BCUT2D eigenvalue weighted by molar-refractivity contribution is 0.225. The Hall–Kier alpha value is 1.53. The molecule has 0 bridgehead atoms. The number of nitrogens with two attached hydrogens (primary N) is 1. The average molecular weight is 393 g/mol. The first-order valence-corrected chi connectivity index (χ1v) is 11.8. The van der Waals surface area contributed by atoms with Crippen LogP contribution in [0.2, 0.25) is 0 Å². The number of aliphatic hydroxyl groups is 1. The molecule has 2 unspecified atom stereocenters. The van der Waals surface area contributed by atoms with Gasteiger partial charge in [0, 0.05) is 39.8 Å². The third kappa shape index (κ3) is 14.5. The Morgan fingerprint density at radius 2 is 1.70 bits per heavy atom. The average Bonchev–Trinajstić information content (AvgIpc) is 2.41. The summed E-state index contributed by atoms with van der Waals surface area (Å²) in [5.74, 6) is 7.09. The third-order valence-electron chi connectivity index (χ3n) is 2.03. The fourth-order valence-corrected chi connectivity index (χ4v) is 5.99. The van der Waals surface area contributed by atoms with Crippen molar-refractivity contribution < 1.29 is 5.11 Å². The Kier molecular flexibility index (Phi) is 16.6. The number of amidine groups is 1. The molecule has 0 radical (unpaired) electrons. The predicted molar refractivity (Wildman–Crippen MR) is 109 cm³/mol. The van der Waals surface area contributed by atoms with Gasteiger partial charge in [0.1, 0.15) is 0 Å². The Morgan fingerprint density at radius 1 is 1.05 bits per heavy atom. The maximum atomic E-state index is 9.84. The first-order valence-electron chi connectivity index (χ1n) is 6.23. The Labute approximate surface area is 150 Å². The molecule has 20 heavy (non-hydrogen) atoms. The van der Waals surface area contributed by atoms with Gasteiger partial charge < -0.3 is 10.8 Å². The Morgan fingerprint density at radius 3 is 2.30 bits per heavy atom. The summed E-state index contributed by atoms with van der Waals surface area (Å²) in [6.45, 7) is 0. The van der Waals surface area contributed by atoms with Crippen molar-refractivity contribution in [1.29, 1.82) is 5.41 Å². The van der Waals surface area contributed by atoms with Crippen molar-refractivity contribution in [2.75, 3.05) is 46.0 Å². The zero-order chi connectivity index (χ0) is 15.2. The van der Waals surface area contributed by atoms with Crippen LogP contribution in [0, 0.1) is 5.41 Å². The van der Waals surface area contributed by atoms with Gasteiger partial charge in [0.25, 0.3) is 0 Å². The summed E-state index contributed by atoms with van der Waals surface area (Å²) in [5, 5.41) is 17.7. The quantitative estimate of drug-likeness (QED) is 0.143. The van der Waals surface area contributed by atoms with E-state index in [-0.39, 0.29) is 11.3 Å². The van der Waals surface area contributed by atoms with Gasteiger partial charge in [-0.3, -0.25) is 5.41 Å². The highest BCUT2D eigenvalue weighted by molar-refractivity contribution is 8.14. The van der Waals surface area contributed by atoms with E-state index in [1.165, 1.54) is 11.8 Å². The molecule has 9 heteroatoms. The number of rotatable bonds is 13. The van der Waals surface area contributed by atoms with Crippen LogP contribution < -0.4 is 5.73 Å². The smallest absolute Gasteiger partial charge is 0.151 e. The summed E-state index contributed by atoms with van der Waals surface area (Å²) in [7, 11) is 0. The molecular weight excluding hydrogens is 369 g/mol. The van der Waals surface area contributed by atoms with E-state index in [0.29, 0.717) is 5.25 Å². The second-order valence-electron chi connectivity index (χ2n) is 3.88. The van der Waals surface area contributed by atoms with Crippen LogP contribution in [0.3, 0.4) is 0 Å². The standard InChI is InChI=1S/C11H24N2OS6/c12-11(13)20-8-10(19-4-2-16)7-18-6-9(14)5-17-3-1-15/h9-10,14-16H,1-8H2,(H3,12,13). The Bertz CT molecular complexity index is 247. The maximum Gasteiger partial charge on any atom is 0.151 e. The fourth-order valence-electron chi connectivity index (χ4n) is 1.21. The zero-order valence-electron chi connectivity index (χ0n) is 11.4. The van der Waals surface area contributed by atoms with Crippen LogP contribution in [0.15, 0.2) is 0 Å². The number of thioether (sulfide) groups is 4. The van der Waals surface area contributed by atoms with Gasteiger partial charge in [-0.2, -0.15) is 60.5 Å². The third-order valence-corrected chi connectivity index (χ3v) is 8.00. The van der Waals surface area contributed by atoms with Gasteiger partial charge in [0.2, 0.25) is 0 Å². The van der Waals surface area contributed by atoms with Crippen LogP contribution in [0.25, 0.3) is 0 Å². The van der Waals surface area contributed by atoms with Crippen molar-refractivity contribution in [2.24, 2.45) is 5.73 Å². The molecule has 0 aliphatic heterocycles. The van der Waals surface area contributed by atoms with Gasteiger partial charge in [0.05, 0.1) is 6.10 Å². The summed E-state index contributed by atoms with van der Waals surface area (Å²) < 4.78 is 0. The molecule has 0 aromatic carbocycles. The van der Waals surface area contributed by atoms with Crippen molar-refractivity contribution >= 4 is 77.5 Å². The number of nitrogens with one attached hydrogen (secondary N) is 1. The molecule has 4 N–H and O–H groups in total. The van der Waals surface area contributed by atoms with Crippen LogP contribution in [0.4, 0.5) is 0 Å². The summed E-state index contributed by atoms with van der Waals surface area (Å²) >= 11 is 15.2. The molecule has 3 nitrogen and oxygen atoms in total. The molecule has 2 atom stereocenters. The number of hydrogen-bond acceptors (Lipinski definition) is 8. The molecule has 0 aliphatic carbocycles. The molecule has 0 fully saturated rings.